The Hall–Kier alpha value is -4.57. The predicted octanol–water partition coefficient (Wildman–Crippen LogP) is 5.39. The number of amides is 1. The highest BCUT2D eigenvalue weighted by molar-refractivity contribution is 6.33. The first kappa shape index (κ1) is 27.5. The van der Waals surface area contributed by atoms with Crippen LogP contribution in [0.15, 0.2) is 62.2 Å². The number of benzene rings is 2. The smallest absolute Gasteiger partial charge is 0.344 e. The van der Waals surface area contributed by atoms with Crippen molar-refractivity contribution in [3.05, 3.63) is 80.7 Å². The highest BCUT2D eigenvalue weighted by Crippen LogP contribution is 2.35. The molecule has 4 aromatic rings. The first-order valence-electron chi connectivity index (χ1n) is 12.0. The second-order valence-corrected chi connectivity index (χ2v) is 8.49. The molecule has 10 nitrogen and oxygen atoms in total. The number of esters is 2. The molecule has 202 valence electrons. The van der Waals surface area contributed by atoms with Crippen molar-refractivity contribution in [1.29, 1.82) is 0 Å². The van der Waals surface area contributed by atoms with Crippen LogP contribution in [0, 0.1) is 6.92 Å². The van der Waals surface area contributed by atoms with E-state index < -0.39 is 29.9 Å². The molecule has 0 atom stereocenters. The normalized spacial score (nSPS) is 10.8. The number of carbonyl (C=O) groups is 3. The van der Waals surface area contributed by atoms with Gasteiger partial charge in [-0.15, -0.1) is 0 Å². The number of anilines is 1. The molecular formula is C28H24ClNO9. The second kappa shape index (κ2) is 11.9. The van der Waals surface area contributed by atoms with Gasteiger partial charge in [-0.3, -0.25) is 14.9 Å². The van der Waals surface area contributed by atoms with Gasteiger partial charge in [-0.05, 0) is 45.0 Å². The van der Waals surface area contributed by atoms with E-state index in [2.05, 4.69) is 5.32 Å². The van der Waals surface area contributed by atoms with Crippen LogP contribution in [-0.2, 0) is 14.3 Å². The molecule has 0 spiro atoms. The van der Waals surface area contributed by atoms with Crippen LogP contribution in [0.1, 0.15) is 40.3 Å². The van der Waals surface area contributed by atoms with E-state index in [0.29, 0.717) is 16.2 Å². The summed E-state index contributed by atoms with van der Waals surface area (Å²) in [6.07, 6.45) is 0. The highest BCUT2D eigenvalue weighted by atomic mass is 35.5. The van der Waals surface area contributed by atoms with Gasteiger partial charge in [-0.1, -0.05) is 35.9 Å². The summed E-state index contributed by atoms with van der Waals surface area (Å²) >= 11 is 6.35. The number of carbonyl (C=O) groups excluding carboxylic acids is 3. The van der Waals surface area contributed by atoms with Crippen LogP contribution in [0.5, 0.6) is 5.75 Å². The molecule has 2 aromatic heterocycles. The molecule has 11 heteroatoms. The number of ether oxygens (including phenoxy) is 3. The van der Waals surface area contributed by atoms with Crippen molar-refractivity contribution < 1.29 is 37.4 Å². The Balaban J connectivity index is 1.67. The van der Waals surface area contributed by atoms with Gasteiger partial charge in [0.15, 0.2) is 12.4 Å². The lowest BCUT2D eigenvalue weighted by atomic mass is 10.1. The minimum atomic E-state index is -0.884. The fourth-order valence-corrected chi connectivity index (χ4v) is 4.08. The van der Waals surface area contributed by atoms with Gasteiger partial charge in [0.05, 0.1) is 23.6 Å². The first-order chi connectivity index (χ1) is 18.8. The molecule has 0 aliphatic carbocycles. The van der Waals surface area contributed by atoms with Crippen LogP contribution in [0.3, 0.4) is 0 Å². The SMILES string of the molecule is CCOC(=O)c1c(C)oc(NC(=O)COc2c(-c3ccccc3Cl)oc3ccccc3c2=O)c1C(=O)OCC. The summed E-state index contributed by atoms with van der Waals surface area (Å²) in [5.74, 6) is -2.94. The number of fused-ring (bicyclic) bond motifs is 1. The molecule has 1 amide bonds. The summed E-state index contributed by atoms with van der Waals surface area (Å²) in [6.45, 7) is 4.05. The largest absolute Gasteiger partial charge is 0.476 e. The number of halogens is 1. The van der Waals surface area contributed by atoms with E-state index in [-0.39, 0.29) is 52.9 Å². The topological polar surface area (TPSA) is 134 Å². The Morgan fingerprint density at radius 2 is 1.54 bits per heavy atom. The Kier molecular flexibility index (Phi) is 8.36. The predicted molar refractivity (Wildman–Crippen MR) is 142 cm³/mol. The number of furan rings is 1. The van der Waals surface area contributed by atoms with Gasteiger partial charge in [-0.2, -0.15) is 0 Å². The fourth-order valence-electron chi connectivity index (χ4n) is 3.86. The number of nitrogens with one attached hydrogen (secondary N) is 1. The molecule has 0 aliphatic rings. The molecule has 0 fully saturated rings. The summed E-state index contributed by atoms with van der Waals surface area (Å²) in [5, 5.41) is 2.96. The van der Waals surface area contributed by atoms with E-state index in [0.717, 1.165) is 0 Å². The standard InChI is InChI=1S/C28H24ClNO9/c1-4-35-27(33)21-15(3)38-26(22(21)28(34)36-5-2)30-20(31)14-37-25-23(32)17-11-7-9-13-19(17)39-24(25)16-10-6-8-12-18(16)29/h6-13H,4-5,14H2,1-3H3,(H,30,31). The van der Waals surface area contributed by atoms with Crippen molar-refractivity contribution in [2.75, 3.05) is 25.1 Å². The molecular weight excluding hydrogens is 530 g/mol. The molecule has 0 saturated carbocycles. The quantitative estimate of drug-likeness (QED) is 0.271. The minimum Gasteiger partial charge on any atom is -0.476 e. The van der Waals surface area contributed by atoms with E-state index in [1.165, 1.54) is 6.92 Å². The summed E-state index contributed by atoms with van der Waals surface area (Å²) in [7, 11) is 0. The van der Waals surface area contributed by atoms with Gasteiger partial charge in [0, 0.05) is 5.56 Å². The fraction of sp³-hybridized carbons (Fsp3) is 0.214. The van der Waals surface area contributed by atoms with E-state index in [1.54, 1.807) is 62.4 Å². The molecule has 1 N–H and O–H groups in total. The van der Waals surface area contributed by atoms with E-state index >= 15 is 0 Å². The number of hydrogen-bond acceptors (Lipinski definition) is 9. The summed E-state index contributed by atoms with van der Waals surface area (Å²) in [5.41, 5.74) is -0.260. The first-order valence-corrected chi connectivity index (χ1v) is 12.4. The maximum atomic E-state index is 13.3. The van der Waals surface area contributed by atoms with Crippen LogP contribution >= 0.6 is 11.6 Å². The van der Waals surface area contributed by atoms with Gasteiger partial charge < -0.3 is 23.0 Å². The van der Waals surface area contributed by atoms with Gasteiger partial charge in [0.1, 0.15) is 22.5 Å². The molecule has 4 rings (SSSR count). The molecule has 0 unspecified atom stereocenters. The van der Waals surface area contributed by atoms with Crippen molar-refractivity contribution >= 4 is 46.3 Å². The van der Waals surface area contributed by atoms with Crippen molar-refractivity contribution in [2.45, 2.75) is 20.8 Å². The molecule has 0 saturated heterocycles. The number of aryl methyl sites for hydroxylation is 1. The lowest BCUT2D eigenvalue weighted by molar-refractivity contribution is -0.118. The monoisotopic (exact) mass is 553 g/mol. The summed E-state index contributed by atoms with van der Waals surface area (Å²) in [4.78, 5) is 51.3. The average Bonchev–Trinajstić information content (AvgIpc) is 3.24. The Bertz CT molecular complexity index is 1620. The average molecular weight is 554 g/mol. The van der Waals surface area contributed by atoms with Gasteiger partial charge in [-0.25, -0.2) is 9.59 Å². The third-order valence-electron chi connectivity index (χ3n) is 5.52. The third-order valence-corrected chi connectivity index (χ3v) is 5.85. The van der Waals surface area contributed by atoms with Crippen LogP contribution in [0.4, 0.5) is 5.88 Å². The number of rotatable bonds is 9. The van der Waals surface area contributed by atoms with Gasteiger partial charge >= 0.3 is 11.9 Å². The second-order valence-electron chi connectivity index (χ2n) is 8.08. The Labute approximate surface area is 227 Å². The molecule has 2 aromatic carbocycles. The lowest BCUT2D eigenvalue weighted by Crippen LogP contribution is -2.24. The molecule has 2 heterocycles. The van der Waals surface area contributed by atoms with Gasteiger partial charge in [0.2, 0.25) is 17.1 Å². The van der Waals surface area contributed by atoms with Crippen LogP contribution in [0.25, 0.3) is 22.3 Å². The van der Waals surface area contributed by atoms with Crippen LogP contribution < -0.4 is 15.5 Å². The van der Waals surface area contributed by atoms with Crippen molar-refractivity contribution in [3.8, 4) is 17.1 Å². The summed E-state index contributed by atoms with van der Waals surface area (Å²) < 4.78 is 27.2. The maximum absolute atomic E-state index is 13.3. The number of para-hydroxylation sites is 1. The van der Waals surface area contributed by atoms with Crippen LogP contribution in [-0.4, -0.2) is 37.7 Å². The van der Waals surface area contributed by atoms with Gasteiger partial charge in [0.25, 0.3) is 5.91 Å². The molecule has 39 heavy (non-hydrogen) atoms. The summed E-state index contributed by atoms with van der Waals surface area (Å²) in [6, 6.07) is 13.3. The zero-order valence-corrected chi connectivity index (χ0v) is 22.0. The Morgan fingerprint density at radius 3 is 2.23 bits per heavy atom. The van der Waals surface area contributed by atoms with Crippen LogP contribution in [0.2, 0.25) is 5.02 Å². The molecule has 0 bridgehead atoms. The zero-order valence-electron chi connectivity index (χ0n) is 21.3. The van der Waals surface area contributed by atoms with E-state index in [9.17, 15) is 19.2 Å². The molecule has 0 radical (unpaired) electrons. The third kappa shape index (κ3) is 5.65. The van der Waals surface area contributed by atoms with E-state index in [1.807, 2.05) is 0 Å². The maximum Gasteiger partial charge on any atom is 0.344 e. The molecule has 0 aliphatic heterocycles. The van der Waals surface area contributed by atoms with E-state index in [4.69, 9.17) is 34.6 Å². The highest BCUT2D eigenvalue weighted by Gasteiger charge is 2.31. The minimum absolute atomic E-state index is 0.0182. The van der Waals surface area contributed by atoms with Crippen molar-refractivity contribution in [2.24, 2.45) is 0 Å². The van der Waals surface area contributed by atoms with Crippen molar-refractivity contribution in [1.82, 2.24) is 0 Å². The van der Waals surface area contributed by atoms with Crippen molar-refractivity contribution in [3.63, 3.8) is 0 Å². The zero-order chi connectivity index (χ0) is 28.1. The number of hydrogen-bond donors (Lipinski definition) is 1. The lowest BCUT2D eigenvalue weighted by Gasteiger charge is -2.12. The Morgan fingerprint density at radius 1 is 0.897 bits per heavy atom.